The number of amides is 2. The summed E-state index contributed by atoms with van der Waals surface area (Å²) in [6.45, 7) is 1.53. The van der Waals surface area contributed by atoms with E-state index in [2.05, 4.69) is 10.3 Å². The van der Waals surface area contributed by atoms with Crippen molar-refractivity contribution in [3.05, 3.63) is 29.1 Å². The summed E-state index contributed by atoms with van der Waals surface area (Å²) in [5.74, 6) is 1.50. The van der Waals surface area contributed by atoms with Crippen molar-refractivity contribution in [1.29, 1.82) is 0 Å². The first kappa shape index (κ1) is 18.0. The molecule has 28 heavy (non-hydrogen) atoms. The van der Waals surface area contributed by atoms with Crippen LogP contribution in [0.25, 0.3) is 11.1 Å². The maximum atomic E-state index is 12.2. The van der Waals surface area contributed by atoms with Gasteiger partial charge in [0.05, 0.1) is 0 Å². The first-order valence-corrected chi connectivity index (χ1v) is 10.3. The standard InChI is InChI=1S/C21H24ClN3O3/c1-12(26)24-21(6-5-18(27)25(21)2)14-10-20(11-14)8-13(9-20)19-23-16-7-15(22)3-4-17(16)28-19/h3-4,7,13-14H,5-6,8-11H2,1-2H3,(H,24,26). The lowest BCUT2D eigenvalue weighted by Gasteiger charge is -2.62. The Balaban J connectivity index is 1.28. The molecule has 0 bridgehead atoms. The number of hydrogen-bond acceptors (Lipinski definition) is 4. The average Bonchev–Trinajstić information content (AvgIpc) is 3.08. The third-order valence-corrected chi connectivity index (χ3v) is 7.43. The van der Waals surface area contributed by atoms with Crippen LogP contribution in [0.3, 0.4) is 0 Å². The molecule has 5 rings (SSSR count). The maximum Gasteiger partial charge on any atom is 0.224 e. The zero-order chi connectivity index (χ0) is 19.7. The highest BCUT2D eigenvalue weighted by Crippen LogP contribution is 2.66. The van der Waals surface area contributed by atoms with Gasteiger partial charge in [-0.15, -0.1) is 0 Å². The maximum absolute atomic E-state index is 12.2. The van der Waals surface area contributed by atoms with Crippen LogP contribution in [0, 0.1) is 11.3 Å². The van der Waals surface area contributed by atoms with Gasteiger partial charge in [-0.1, -0.05) is 11.6 Å². The van der Waals surface area contributed by atoms with Gasteiger partial charge >= 0.3 is 0 Å². The monoisotopic (exact) mass is 401 g/mol. The van der Waals surface area contributed by atoms with Gasteiger partial charge in [-0.2, -0.15) is 0 Å². The number of fused-ring (bicyclic) bond motifs is 1. The molecular formula is C21H24ClN3O3. The van der Waals surface area contributed by atoms with Crippen LogP contribution in [-0.2, 0) is 9.59 Å². The molecule has 2 aromatic rings. The Bertz CT molecular complexity index is 972. The van der Waals surface area contributed by atoms with Gasteiger partial charge in [0, 0.05) is 37.3 Å². The number of rotatable bonds is 3. The Kier molecular flexibility index (Phi) is 3.83. The minimum atomic E-state index is -0.506. The smallest absolute Gasteiger partial charge is 0.224 e. The number of nitrogens with one attached hydrogen (secondary N) is 1. The van der Waals surface area contributed by atoms with Crippen LogP contribution in [0.2, 0.25) is 5.02 Å². The van der Waals surface area contributed by atoms with E-state index in [1.165, 1.54) is 6.92 Å². The van der Waals surface area contributed by atoms with Crippen molar-refractivity contribution in [3.63, 3.8) is 0 Å². The fourth-order valence-corrected chi connectivity index (χ4v) is 5.96. The van der Waals surface area contributed by atoms with Gasteiger partial charge in [-0.3, -0.25) is 9.59 Å². The van der Waals surface area contributed by atoms with E-state index in [-0.39, 0.29) is 11.8 Å². The summed E-state index contributed by atoms with van der Waals surface area (Å²) in [6, 6.07) is 5.52. The SMILES string of the molecule is CC(=O)NC1(C2CC3(CC(c4nc5cc(Cl)ccc5o4)C3)C2)CCC(=O)N1C. The molecule has 148 valence electrons. The topological polar surface area (TPSA) is 75.4 Å². The number of nitrogens with zero attached hydrogens (tertiary/aromatic N) is 2. The summed E-state index contributed by atoms with van der Waals surface area (Å²) < 4.78 is 5.94. The molecule has 1 saturated heterocycles. The molecule has 0 radical (unpaired) electrons. The summed E-state index contributed by atoms with van der Waals surface area (Å²) in [7, 11) is 1.82. The van der Waals surface area contributed by atoms with Crippen molar-refractivity contribution in [1.82, 2.24) is 15.2 Å². The Hall–Kier alpha value is -2.08. The number of aromatic nitrogens is 1. The van der Waals surface area contributed by atoms with Gasteiger partial charge in [0.25, 0.3) is 0 Å². The Morgan fingerprint density at radius 3 is 2.71 bits per heavy atom. The predicted molar refractivity (Wildman–Crippen MR) is 105 cm³/mol. The Morgan fingerprint density at radius 1 is 1.32 bits per heavy atom. The van der Waals surface area contributed by atoms with Crippen molar-refractivity contribution in [2.24, 2.45) is 11.3 Å². The predicted octanol–water partition coefficient (Wildman–Crippen LogP) is 3.84. The number of halogens is 1. The summed E-state index contributed by atoms with van der Waals surface area (Å²) in [5, 5.41) is 3.78. The van der Waals surface area contributed by atoms with Gasteiger partial charge in [0.2, 0.25) is 11.8 Å². The molecule has 2 amide bonds. The fraction of sp³-hybridized carbons (Fsp3) is 0.571. The van der Waals surface area contributed by atoms with Crippen LogP contribution in [0.15, 0.2) is 22.6 Å². The van der Waals surface area contributed by atoms with E-state index < -0.39 is 5.66 Å². The largest absolute Gasteiger partial charge is 0.440 e. The Morgan fingerprint density at radius 2 is 2.07 bits per heavy atom. The molecule has 6 nitrogen and oxygen atoms in total. The van der Waals surface area contributed by atoms with E-state index in [0.717, 1.165) is 42.7 Å². The van der Waals surface area contributed by atoms with Gasteiger partial charge in [-0.05, 0) is 55.7 Å². The lowest BCUT2D eigenvalue weighted by atomic mass is 9.46. The lowest BCUT2D eigenvalue weighted by Crippen LogP contribution is -2.66. The fourth-order valence-electron chi connectivity index (χ4n) is 5.80. The summed E-state index contributed by atoms with van der Waals surface area (Å²) in [6.07, 6.45) is 5.39. The van der Waals surface area contributed by atoms with Crippen molar-refractivity contribution >= 4 is 34.5 Å². The second-order valence-electron chi connectivity index (χ2n) is 8.93. The summed E-state index contributed by atoms with van der Waals surface area (Å²) in [5.41, 5.74) is 1.38. The third kappa shape index (κ3) is 2.57. The molecule has 2 aliphatic carbocycles. The molecule has 1 aliphatic heterocycles. The molecule has 1 spiro atoms. The van der Waals surface area contributed by atoms with Crippen LogP contribution >= 0.6 is 11.6 Å². The summed E-state index contributed by atoms with van der Waals surface area (Å²) in [4.78, 5) is 30.4. The second-order valence-corrected chi connectivity index (χ2v) is 9.37. The molecule has 7 heteroatoms. The van der Waals surface area contributed by atoms with E-state index in [1.54, 1.807) is 4.90 Å². The number of carbonyl (C=O) groups excluding carboxylic acids is 2. The second kappa shape index (κ2) is 5.96. The molecule has 1 N–H and O–H groups in total. The van der Waals surface area contributed by atoms with E-state index in [1.807, 2.05) is 25.2 Å². The van der Waals surface area contributed by atoms with Crippen LogP contribution < -0.4 is 5.32 Å². The highest BCUT2D eigenvalue weighted by atomic mass is 35.5. The van der Waals surface area contributed by atoms with E-state index >= 15 is 0 Å². The first-order valence-electron chi connectivity index (χ1n) is 9.92. The normalized spacial score (nSPS) is 34.5. The number of oxazole rings is 1. The molecule has 2 saturated carbocycles. The van der Waals surface area contributed by atoms with Gasteiger partial charge in [0.15, 0.2) is 11.5 Å². The van der Waals surface area contributed by atoms with Crippen molar-refractivity contribution in [2.75, 3.05) is 7.05 Å². The van der Waals surface area contributed by atoms with Crippen molar-refractivity contribution in [3.8, 4) is 0 Å². The molecule has 3 fully saturated rings. The molecule has 1 unspecified atom stereocenters. The first-order chi connectivity index (χ1) is 13.3. The number of hydrogen-bond donors (Lipinski definition) is 1. The minimum absolute atomic E-state index is 0.0703. The summed E-state index contributed by atoms with van der Waals surface area (Å²) >= 11 is 6.04. The van der Waals surface area contributed by atoms with E-state index in [4.69, 9.17) is 16.0 Å². The van der Waals surface area contributed by atoms with Gasteiger partial charge < -0.3 is 14.6 Å². The highest BCUT2D eigenvalue weighted by molar-refractivity contribution is 6.31. The molecule has 1 atom stereocenters. The third-order valence-electron chi connectivity index (χ3n) is 7.19. The molecular weight excluding hydrogens is 378 g/mol. The van der Waals surface area contributed by atoms with Crippen LogP contribution in [0.4, 0.5) is 0 Å². The zero-order valence-electron chi connectivity index (χ0n) is 16.1. The quantitative estimate of drug-likeness (QED) is 0.847. The van der Waals surface area contributed by atoms with Crippen molar-refractivity contribution in [2.45, 2.75) is 57.0 Å². The number of likely N-dealkylation sites (tertiary alicyclic amines) is 1. The van der Waals surface area contributed by atoms with Crippen molar-refractivity contribution < 1.29 is 14.0 Å². The minimum Gasteiger partial charge on any atom is -0.440 e. The highest BCUT2D eigenvalue weighted by Gasteiger charge is 2.62. The molecule has 1 aromatic carbocycles. The number of carbonyl (C=O) groups is 2. The zero-order valence-corrected chi connectivity index (χ0v) is 16.9. The lowest BCUT2D eigenvalue weighted by molar-refractivity contribution is -0.148. The van der Waals surface area contributed by atoms with Crippen LogP contribution in [0.1, 0.15) is 57.3 Å². The van der Waals surface area contributed by atoms with Crippen LogP contribution in [-0.4, -0.2) is 34.4 Å². The van der Waals surface area contributed by atoms with Gasteiger partial charge in [-0.25, -0.2) is 4.98 Å². The molecule has 2 heterocycles. The van der Waals surface area contributed by atoms with Gasteiger partial charge in [0.1, 0.15) is 11.2 Å². The van der Waals surface area contributed by atoms with E-state index in [0.29, 0.717) is 35.1 Å². The molecule has 3 aliphatic rings. The molecule has 1 aromatic heterocycles. The Labute approximate surface area is 168 Å². The number of benzene rings is 1. The van der Waals surface area contributed by atoms with E-state index in [9.17, 15) is 9.59 Å². The van der Waals surface area contributed by atoms with Crippen LogP contribution in [0.5, 0.6) is 0 Å². The average molecular weight is 402 g/mol.